The highest BCUT2D eigenvalue weighted by molar-refractivity contribution is 5.84. The first-order valence-corrected chi connectivity index (χ1v) is 5.75. The third-order valence-corrected chi connectivity index (χ3v) is 2.49. The smallest absolute Gasteiger partial charge is 0.326 e. The summed E-state index contributed by atoms with van der Waals surface area (Å²) >= 11 is 0. The van der Waals surface area contributed by atoms with Crippen LogP contribution in [0.25, 0.3) is 0 Å². The number of carbonyl (C=O) groups excluding carboxylic acids is 1. The lowest BCUT2D eigenvalue weighted by atomic mass is 10.2. The van der Waals surface area contributed by atoms with Gasteiger partial charge < -0.3 is 15.2 Å². The standard InChI is InChI=1S/C13H17NO4/c1-3-10(13(16)17)14-12(15)8-18-11-7-5-4-6-9(11)2/h4-7,10H,3,8H2,1-2H3,(H,14,15)(H,16,17)/t10-/m1/s1. The fourth-order valence-corrected chi connectivity index (χ4v) is 1.44. The van der Waals surface area contributed by atoms with Crippen LogP contribution in [-0.4, -0.2) is 29.6 Å². The number of hydrogen-bond donors (Lipinski definition) is 2. The van der Waals surface area contributed by atoms with Crippen LogP contribution < -0.4 is 10.1 Å². The summed E-state index contributed by atoms with van der Waals surface area (Å²) in [5, 5.41) is 11.2. The number of amides is 1. The van der Waals surface area contributed by atoms with Gasteiger partial charge in [-0.1, -0.05) is 25.1 Å². The molecule has 0 saturated carbocycles. The molecule has 0 fully saturated rings. The average molecular weight is 251 g/mol. The molecule has 5 nitrogen and oxygen atoms in total. The van der Waals surface area contributed by atoms with E-state index in [1.807, 2.05) is 25.1 Å². The maximum atomic E-state index is 11.5. The third-order valence-electron chi connectivity index (χ3n) is 2.49. The van der Waals surface area contributed by atoms with E-state index in [4.69, 9.17) is 9.84 Å². The molecule has 1 rings (SSSR count). The Kier molecular flexibility index (Phi) is 5.17. The van der Waals surface area contributed by atoms with Gasteiger partial charge in [-0.2, -0.15) is 0 Å². The summed E-state index contributed by atoms with van der Waals surface area (Å²) in [6.07, 6.45) is 0.339. The molecule has 2 N–H and O–H groups in total. The minimum atomic E-state index is -1.04. The Labute approximate surface area is 106 Å². The van der Waals surface area contributed by atoms with E-state index in [1.165, 1.54) is 0 Å². The number of benzene rings is 1. The van der Waals surface area contributed by atoms with Crippen LogP contribution in [0.3, 0.4) is 0 Å². The lowest BCUT2D eigenvalue weighted by Crippen LogP contribution is -2.42. The maximum Gasteiger partial charge on any atom is 0.326 e. The molecule has 0 aliphatic rings. The summed E-state index contributed by atoms with van der Waals surface area (Å²) < 4.78 is 5.32. The zero-order chi connectivity index (χ0) is 13.5. The Hall–Kier alpha value is -2.04. The molecule has 1 aromatic carbocycles. The van der Waals surface area contributed by atoms with Gasteiger partial charge in [0.1, 0.15) is 11.8 Å². The van der Waals surface area contributed by atoms with Crippen molar-refractivity contribution < 1.29 is 19.4 Å². The number of carbonyl (C=O) groups is 2. The zero-order valence-corrected chi connectivity index (χ0v) is 10.5. The van der Waals surface area contributed by atoms with E-state index in [1.54, 1.807) is 13.0 Å². The van der Waals surface area contributed by atoms with Crippen LogP contribution in [0.1, 0.15) is 18.9 Å². The number of ether oxygens (including phenoxy) is 1. The second-order valence-corrected chi connectivity index (χ2v) is 3.92. The highest BCUT2D eigenvalue weighted by Crippen LogP contribution is 2.15. The molecule has 18 heavy (non-hydrogen) atoms. The Bertz CT molecular complexity index is 431. The van der Waals surface area contributed by atoms with E-state index in [2.05, 4.69) is 5.32 Å². The van der Waals surface area contributed by atoms with E-state index in [-0.39, 0.29) is 6.61 Å². The Morgan fingerprint density at radius 3 is 2.61 bits per heavy atom. The van der Waals surface area contributed by atoms with Gasteiger partial charge in [0.25, 0.3) is 5.91 Å². The minimum absolute atomic E-state index is 0.186. The molecule has 98 valence electrons. The van der Waals surface area contributed by atoms with Crippen molar-refractivity contribution in [1.29, 1.82) is 0 Å². The van der Waals surface area contributed by atoms with Crippen molar-refractivity contribution in [1.82, 2.24) is 5.32 Å². The predicted molar refractivity (Wildman–Crippen MR) is 66.5 cm³/mol. The number of rotatable bonds is 6. The first-order valence-electron chi connectivity index (χ1n) is 5.75. The highest BCUT2D eigenvalue weighted by Gasteiger charge is 2.17. The van der Waals surface area contributed by atoms with Crippen molar-refractivity contribution >= 4 is 11.9 Å². The van der Waals surface area contributed by atoms with E-state index in [9.17, 15) is 9.59 Å². The van der Waals surface area contributed by atoms with E-state index >= 15 is 0 Å². The van der Waals surface area contributed by atoms with E-state index in [0.717, 1.165) is 5.56 Å². The minimum Gasteiger partial charge on any atom is -0.484 e. The van der Waals surface area contributed by atoms with Gasteiger partial charge in [0, 0.05) is 0 Å². The largest absolute Gasteiger partial charge is 0.484 e. The zero-order valence-electron chi connectivity index (χ0n) is 10.5. The summed E-state index contributed by atoms with van der Waals surface area (Å²) in [7, 11) is 0. The fourth-order valence-electron chi connectivity index (χ4n) is 1.44. The summed E-state index contributed by atoms with van der Waals surface area (Å²) in [5.41, 5.74) is 0.926. The van der Waals surface area contributed by atoms with E-state index < -0.39 is 17.9 Å². The van der Waals surface area contributed by atoms with Crippen LogP contribution in [0.4, 0.5) is 0 Å². The second-order valence-electron chi connectivity index (χ2n) is 3.92. The molecule has 1 aromatic rings. The molecule has 1 atom stereocenters. The molecule has 1 amide bonds. The quantitative estimate of drug-likeness (QED) is 0.800. The molecule has 0 unspecified atom stereocenters. The Morgan fingerprint density at radius 2 is 2.06 bits per heavy atom. The monoisotopic (exact) mass is 251 g/mol. The third kappa shape index (κ3) is 4.08. The van der Waals surface area contributed by atoms with Crippen molar-refractivity contribution in [3.8, 4) is 5.75 Å². The van der Waals surface area contributed by atoms with Crippen LogP contribution >= 0.6 is 0 Å². The Balaban J connectivity index is 2.47. The number of hydrogen-bond acceptors (Lipinski definition) is 3. The van der Waals surface area contributed by atoms with Crippen LogP contribution in [0, 0.1) is 6.92 Å². The van der Waals surface area contributed by atoms with Gasteiger partial charge in [0.15, 0.2) is 6.61 Å². The number of nitrogens with one attached hydrogen (secondary N) is 1. The van der Waals surface area contributed by atoms with Crippen molar-refractivity contribution in [2.75, 3.05) is 6.61 Å². The number of carboxylic acid groups (broad SMARTS) is 1. The summed E-state index contributed by atoms with van der Waals surface area (Å²) in [6.45, 7) is 3.38. The van der Waals surface area contributed by atoms with Crippen molar-refractivity contribution in [2.45, 2.75) is 26.3 Å². The summed E-state index contributed by atoms with van der Waals surface area (Å²) in [6, 6.07) is 6.46. The molecular weight excluding hydrogens is 234 g/mol. The normalized spacial score (nSPS) is 11.7. The van der Waals surface area contributed by atoms with Crippen LogP contribution in [0.5, 0.6) is 5.75 Å². The van der Waals surface area contributed by atoms with E-state index in [0.29, 0.717) is 12.2 Å². The Morgan fingerprint density at radius 1 is 1.39 bits per heavy atom. The summed E-state index contributed by atoms with van der Waals surface area (Å²) in [4.78, 5) is 22.2. The molecule has 0 spiro atoms. The lowest BCUT2D eigenvalue weighted by molar-refractivity contribution is -0.142. The van der Waals surface area contributed by atoms with Gasteiger partial charge in [0.2, 0.25) is 0 Å². The van der Waals surface area contributed by atoms with Crippen LogP contribution in [-0.2, 0) is 9.59 Å². The number of carboxylic acids is 1. The predicted octanol–water partition coefficient (Wildman–Crippen LogP) is 1.35. The van der Waals surface area contributed by atoms with Crippen molar-refractivity contribution in [2.24, 2.45) is 0 Å². The molecule has 0 radical (unpaired) electrons. The number of para-hydroxylation sites is 1. The van der Waals surface area contributed by atoms with Gasteiger partial charge >= 0.3 is 5.97 Å². The molecule has 5 heteroatoms. The van der Waals surface area contributed by atoms with Crippen molar-refractivity contribution in [3.63, 3.8) is 0 Å². The second kappa shape index (κ2) is 6.64. The number of aliphatic carboxylic acids is 1. The van der Waals surface area contributed by atoms with Gasteiger partial charge in [-0.05, 0) is 25.0 Å². The molecule has 0 heterocycles. The van der Waals surface area contributed by atoms with Gasteiger partial charge in [-0.15, -0.1) is 0 Å². The van der Waals surface area contributed by atoms with Gasteiger partial charge in [-0.25, -0.2) is 4.79 Å². The molecular formula is C13H17NO4. The first-order chi connectivity index (χ1) is 8.54. The maximum absolute atomic E-state index is 11.5. The van der Waals surface area contributed by atoms with Gasteiger partial charge in [-0.3, -0.25) is 4.79 Å². The fraction of sp³-hybridized carbons (Fsp3) is 0.385. The van der Waals surface area contributed by atoms with Crippen LogP contribution in [0.2, 0.25) is 0 Å². The SMILES string of the molecule is CC[C@@H](NC(=O)COc1ccccc1C)C(=O)O. The number of aryl methyl sites for hydroxylation is 1. The molecule has 0 aliphatic heterocycles. The molecule has 0 aromatic heterocycles. The highest BCUT2D eigenvalue weighted by atomic mass is 16.5. The van der Waals surface area contributed by atoms with Crippen LogP contribution in [0.15, 0.2) is 24.3 Å². The average Bonchev–Trinajstić information content (AvgIpc) is 2.34. The molecule has 0 saturated heterocycles. The molecule has 0 bridgehead atoms. The summed E-state index contributed by atoms with van der Waals surface area (Å²) in [5.74, 6) is -0.856. The lowest BCUT2D eigenvalue weighted by Gasteiger charge is -2.13. The molecule has 0 aliphatic carbocycles. The van der Waals surface area contributed by atoms with Gasteiger partial charge in [0.05, 0.1) is 0 Å². The first kappa shape index (κ1) is 14.0. The van der Waals surface area contributed by atoms with Crippen molar-refractivity contribution in [3.05, 3.63) is 29.8 Å². The topological polar surface area (TPSA) is 75.6 Å².